The fraction of sp³-hybridized carbons (Fsp3) is 0.667. The molecule has 0 aliphatic carbocycles. The maximum absolute atomic E-state index is 4.35. The summed E-state index contributed by atoms with van der Waals surface area (Å²) in [7, 11) is 0. The van der Waals surface area contributed by atoms with E-state index >= 15 is 0 Å². The number of alkyl halides is 1. The molecule has 0 spiro atoms. The minimum Gasteiger partial charge on any atom is -0.356 e. The van der Waals surface area contributed by atoms with Gasteiger partial charge in [0.15, 0.2) is 0 Å². The fourth-order valence-corrected chi connectivity index (χ4v) is 1.99. The molecule has 1 aromatic heterocycles. The van der Waals surface area contributed by atoms with Crippen molar-refractivity contribution >= 4 is 21.7 Å². The van der Waals surface area contributed by atoms with Crippen LogP contribution in [-0.4, -0.2) is 28.4 Å². The summed E-state index contributed by atoms with van der Waals surface area (Å²) < 4.78 is 0. The number of nitrogens with zero attached hydrogens (tertiary/aromatic N) is 3. The number of hydrogen-bond acceptors (Lipinski definition) is 3. The zero-order valence-corrected chi connectivity index (χ0v) is 11.9. The van der Waals surface area contributed by atoms with Crippen LogP contribution in [0.25, 0.3) is 0 Å². The molecule has 0 bridgehead atoms. The summed E-state index contributed by atoms with van der Waals surface area (Å²) in [4.78, 5) is 10.9. The molecule has 1 aromatic rings. The Hall–Kier alpha value is -0.640. The van der Waals surface area contributed by atoms with Gasteiger partial charge in [-0.05, 0) is 12.3 Å². The second-order valence-corrected chi connectivity index (χ2v) is 4.92. The topological polar surface area (TPSA) is 29.0 Å². The van der Waals surface area contributed by atoms with Gasteiger partial charge >= 0.3 is 0 Å². The van der Waals surface area contributed by atoms with Gasteiger partial charge in [0.05, 0.1) is 0 Å². The standard InChI is InChI=1S/C12H20BrN3/c1-4-6-16(7-5-13)12-8-11(10(2)3)14-9-15-12/h8-10H,4-7H2,1-3H3. The van der Waals surface area contributed by atoms with E-state index in [1.165, 1.54) is 0 Å². The summed E-state index contributed by atoms with van der Waals surface area (Å²) >= 11 is 3.48. The van der Waals surface area contributed by atoms with E-state index in [0.29, 0.717) is 5.92 Å². The molecule has 0 aliphatic heterocycles. The predicted molar refractivity (Wildman–Crippen MR) is 72.4 cm³/mol. The largest absolute Gasteiger partial charge is 0.356 e. The summed E-state index contributed by atoms with van der Waals surface area (Å²) in [5.41, 5.74) is 1.11. The molecule has 0 saturated carbocycles. The van der Waals surface area contributed by atoms with Crippen molar-refractivity contribution in [1.82, 2.24) is 9.97 Å². The van der Waals surface area contributed by atoms with Crippen LogP contribution < -0.4 is 4.90 Å². The Morgan fingerprint density at radius 1 is 1.31 bits per heavy atom. The number of hydrogen-bond donors (Lipinski definition) is 0. The molecule has 1 heterocycles. The average molecular weight is 286 g/mol. The Bertz CT molecular complexity index is 309. The van der Waals surface area contributed by atoms with E-state index in [1.54, 1.807) is 6.33 Å². The molecule has 4 heteroatoms. The highest BCUT2D eigenvalue weighted by molar-refractivity contribution is 9.09. The summed E-state index contributed by atoms with van der Waals surface area (Å²) in [5.74, 6) is 1.49. The van der Waals surface area contributed by atoms with Crippen molar-refractivity contribution < 1.29 is 0 Å². The van der Waals surface area contributed by atoms with Gasteiger partial charge in [0.25, 0.3) is 0 Å². The predicted octanol–water partition coefficient (Wildman–Crippen LogP) is 3.21. The first-order valence-electron chi connectivity index (χ1n) is 5.81. The molecule has 1 rings (SSSR count). The first kappa shape index (κ1) is 13.4. The minimum atomic E-state index is 0.453. The third-order valence-corrected chi connectivity index (χ3v) is 2.79. The quantitative estimate of drug-likeness (QED) is 0.752. The lowest BCUT2D eigenvalue weighted by atomic mass is 10.1. The Kier molecular flexibility index (Phi) is 5.74. The summed E-state index contributed by atoms with van der Waals surface area (Å²) in [6, 6.07) is 2.10. The SMILES string of the molecule is CCCN(CCBr)c1cc(C(C)C)ncn1. The van der Waals surface area contributed by atoms with Crippen molar-refractivity contribution in [2.24, 2.45) is 0 Å². The number of rotatable bonds is 6. The van der Waals surface area contributed by atoms with Gasteiger partial charge in [-0.3, -0.25) is 0 Å². The van der Waals surface area contributed by atoms with Gasteiger partial charge in [-0.15, -0.1) is 0 Å². The van der Waals surface area contributed by atoms with Gasteiger partial charge < -0.3 is 4.90 Å². The molecule has 0 fully saturated rings. The van der Waals surface area contributed by atoms with Crippen LogP contribution in [0.5, 0.6) is 0 Å². The van der Waals surface area contributed by atoms with Crippen LogP contribution in [0.2, 0.25) is 0 Å². The molecule has 0 saturated heterocycles. The van der Waals surface area contributed by atoms with Crippen molar-refractivity contribution in [2.45, 2.75) is 33.1 Å². The minimum absolute atomic E-state index is 0.453. The highest BCUT2D eigenvalue weighted by Crippen LogP contribution is 2.17. The summed E-state index contributed by atoms with van der Waals surface area (Å²) in [5, 5.41) is 0.966. The van der Waals surface area contributed by atoms with E-state index < -0.39 is 0 Å². The zero-order chi connectivity index (χ0) is 12.0. The molecule has 0 atom stereocenters. The van der Waals surface area contributed by atoms with Crippen LogP contribution in [0, 0.1) is 0 Å². The second kappa shape index (κ2) is 6.84. The third kappa shape index (κ3) is 3.74. The maximum atomic E-state index is 4.35. The van der Waals surface area contributed by atoms with E-state index in [2.05, 4.69) is 57.6 Å². The van der Waals surface area contributed by atoms with Crippen LogP contribution in [0.1, 0.15) is 38.8 Å². The summed E-state index contributed by atoms with van der Waals surface area (Å²) in [6.07, 6.45) is 2.80. The van der Waals surface area contributed by atoms with Gasteiger partial charge in [-0.2, -0.15) is 0 Å². The lowest BCUT2D eigenvalue weighted by Crippen LogP contribution is -2.27. The van der Waals surface area contributed by atoms with E-state index in [4.69, 9.17) is 0 Å². The van der Waals surface area contributed by atoms with Gasteiger partial charge in [0, 0.05) is 30.2 Å². The molecule has 16 heavy (non-hydrogen) atoms. The van der Waals surface area contributed by atoms with E-state index in [1.807, 2.05) is 0 Å². The molecule has 3 nitrogen and oxygen atoms in total. The highest BCUT2D eigenvalue weighted by Gasteiger charge is 2.09. The lowest BCUT2D eigenvalue weighted by molar-refractivity contribution is 0.765. The van der Waals surface area contributed by atoms with E-state index in [-0.39, 0.29) is 0 Å². The van der Waals surface area contributed by atoms with Crippen molar-refractivity contribution in [1.29, 1.82) is 0 Å². The van der Waals surface area contributed by atoms with Crippen LogP contribution in [-0.2, 0) is 0 Å². The maximum Gasteiger partial charge on any atom is 0.132 e. The lowest BCUT2D eigenvalue weighted by Gasteiger charge is -2.22. The van der Waals surface area contributed by atoms with Gasteiger partial charge in [0.1, 0.15) is 12.1 Å². The first-order chi connectivity index (χ1) is 7.69. The monoisotopic (exact) mass is 285 g/mol. The second-order valence-electron chi connectivity index (χ2n) is 4.13. The number of halogens is 1. The Morgan fingerprint density at radius 3 is 2.62 bits per heavy atom. The highest BCUT2D eigenvalue weighted by atomic mass is 79.9. The molecule has 0 radical (unpaired) electrons. The number of aromatic nitrogens is 2. The summed E-state index contributed by atoms with van der Waals surface area (Å²) in [6.45, 7) is 8.52. The van der Waals surface area contributed by atoms with Crippen LogP contribution in [0.3, 0.4) is 0 Å². The van der Waals surface area contributed by atoms with E-state index in [0.717, 1.165) is 36.4 Å². The van der Waals surface area contributed by atoms with Gasteiger partial charge in [-0.25, -0.2) is 9.97 Å². The van der Waals surface area contributed by atoms with Crippen LogP contribution in [0.4, 0.5) is 5.82 Å². The van der Waals surface area contributed by atoms with E-state index in [9.17, 15) is 0 Å². The fourth-order valence-electron chi connectivity index (χ4n) is 1.56. The van der Waals surface area contributed by atoms with Crippen molar-refractivity contribution in [3.8, 4) is 0 Å². The Labute approximate surface area is 106 Å². The van der Waals surface area contributed by atoms with Crippen molar-refractivity contribution in [3.63, 3.8) is 0 Å². The normalized spacial score (nSPS) is 10.8. The average Bonchev–Trinajstić information content (AvgIpc) is 2.29. The molecule has 0 N–H and O–H groups in total. The molecule has 0 unspecified atom stereocenters. The molecule has 90 valence electrons. The number of anilines is 1. The molecular formula is C12H20BrN3. The zero-order valence-electron chi connectivity index (χ0n) is 10.3. The third-order valence-electron chi connectivity index (χ3n) is 2.44. The Balaban J connectivity index is 2.86. The molecular weight excluding hydrogens is 266 g/mol. The van der Waals surface area contributed by atoms with Crippen LogP contribution >= 0.6 is 15.9 Å². The molecule has 0 aliphatic rings. The van der Waals surface area contributed by atoms with Crippen LogP contribution in [0.15, 0.2) is 12.4 Å². The smallest absolute Gasteiger partial charge is 0.132 e. The Morgan fingerprint density at radius 2 is 2.06 bits per heavy atom. The van der Waals surface area contributed by atoms with Gasteiger partial charge in [0.2, 0.25) is 0 Å². The van der Waals surface area contributed by atoms with Crippen molar-refractivity contribution in [3.05, 3.63) is 18.1 Å². The van der Waals surface area contributed by atoms with Gasteiger partial charge in [-0.1, -0.05) is 36.7 Å². The first-order valence-corrected chi connectivity index (χ1v) is 6.94. The molecule has 0 amide bonds. The van der Waals surface area contributed by atoms with Crippen molar-refractivity contribution in [2.75, 3.05) is 23.3 Å². The molecule has 0 aromatic carbocycles.